The maximum absolute atomic E-state index is 8.66. The van der Waals surface area contributed by atoms with E-state index in [2.05, 4.69) is 11.8 Å². The summed E-state index contributed by atoms with van der Waals surface area (Å²) in [6, 6.07) is 5.75. The Morgan fingerprint density at radius 1 is 1.31 bits per heavy atom. The summed E-state index contributed by atoms with van der Waals surface area (Å²) >= 11 is 0. The molecule has 0 radical (unpaired) electrons. The van der Waals surface area contributed by atoms with Crippen LogP contribution in [0.5, 0.6) is 5.75 Å². The van der Waals surface area contributed by atoms with Crippen LogP contribution in [0, 0.1) is 11.8 Å². The first-order valence-corrected chi connectivity index (χ1v) is 5.07. The van der Waals surface area contributed by atoms with Crippen LogP contribution >= 0.6 is 0 Å². The van der Waals surface area contributed by atoms with Crippen LogP contribution in [-0.4, -0.2) is 25.9 Å². The summed E-state index contributed by atoms with van der Waals surface area (Å²) < 4.78 is 10.3. The number of ether oxygens (including phenoxy) is 2. The highest BCUT2D eigenvalue weighted by molar-refractivity contribution is 5.48. The Labute approximate surface area is 96.0 Å². The van der Waals surface area contributed by atoms with Crippen molar-refractivity contribution in [2.45, 2.75) is 13.0 Å². The van der Waals surface area contributed by atoms with Crippen molar-refractivity contribution >= 4 is 0 Å². The molecular weight excluding hydrogens is 204 g/mol. The highest BCUT2D eigenvalue weighted by atomic mass is 16.5. The Bertz CT molecular complexity index is 388. The number of benzene rings is 1. The lowest BCUT2D eigenvalue weighted by Gasteiger charge is -2.05. The number of hydrogen-bond acceptors (Lipinski definition) is 3. The number of hydrogen-bond donors (Lipinski definition) is 1. The van der Waals surface area contributed by atoms with E-state index in [-0.39, 0.29) is 6.61 Å². The SMILES string of the molecule is COCc1ccc(OC)c(C#CCCO)c1. The largest absolute Gasteiger partial charge is 0.495 e. The number of methoxy groups -OCH3 is 2. The Morgan fingerprint density at radius 3 is 2.75 bits per heavy atom. The van der Waals surface area contributed by atoms with Crippen LogP contribution in [0.1, 0.15) is 17.5 Å². The molecule has 16 heavy (non-hydrogen) atoms. The van der Waals surface area contributed by atoms with E-state index in [9.17, 15) is 0 Å². The molecule has 0 aliphatic heterocycles. The summed E-state index contributed by atoms with van der Waals surface area (Å²) in [6.07, 6.45) is 0.470. The first-order chi connectivity index (χ1) is 7.81. The van der Waals surface area contributed by atoms with Crippen LogP contribution in [0.15, 0.2) is 18.2 Å². The quantitative estimate of drug-likeness (QED) is 0.783. The minimum absolute atomic E-state index is 0.0765. The molecule has 0 saturated heterocycles. The van der Waals surface area contributed by atoms with E-state index in [1.807, 2.05) is 18.2 Å². The average Bonchev–Trinajstić information content (AvgIpc) is 2.30. The van der Waals surface area contributed by atoms with Crippen molar-refractivity contribution < 1.29 is 14.6 Å². The van der Waals surface area contributed by atoms with Gasteiger partial charge in [0.2, 0.25) is 0 Å². The van der Waals surface area contributed by atoms with Crippen molar-refractivity contribution in [2.24, 2.45) is 0 Å². The summed E-state index contributed by atoms with van der Waals surface area (Å²) in [4.78, 5) is 0. The van der Waals surface area contributed by atoms with Crippen molar-refractivity contribution in [2.75, 3.05) is 20.8 Å². The Hall–Kier alpha value is -1.50. The standard InChI is InChI=1S/C13H16O3/c1-15-10-11-6-7-13(16-2)12(9-11)5-3-4-8-14/h6-7,9,14H,4,8,10H2,1-2H3. The Morgan fingerprint density at radius 2 is 2.12 bits per heavy atom. The van der Waals surface area contributed by atoms with Crippen LogP contribution in [0.2, 0.25) is 0 Å². The molecule has 1 N–H and O–H groups in total. The van der Waals surface area contributed by atoms with Gasteiger partial charge in [0.1, 0.15) is 5.75 Å². The van der Waals surface area contributed by atoms with E-state index in [1.165, 1.54) is 0 Å². The second-order valence-electron chi connectivity index (χ2n) is 3.24. The fraction of sp³-hybridized carbons (Fsp3) is 0.385. The number of rotatable bonds is 4. The lowest BCUT2D eigenvalue weighted by molar-refractivity contribution is 0.185. The van der Waals surface area contributed by atoms with Crippen molar-refractivity contribution in [3.63, 3.8) is 0 Å². The molecule has 0 saturated carbocycles. The van der Waals surface area contributed by atoms with E-state index in [1.54, 1.807) is 14.2 Å². The molecule has 3 heteroatoms. The fourth-order valence-corrected chi connectivity index (χ4v) is 1.32. The minimum Gasteiger partial charge on any atom is -0.495 e. The van der Waals surface area contributed by atoms with Crippen molar-refractivity contribution in [3.05, 3.63) is 29.3 Å². The van der Waals surface area contributed by atoms with E-state index in [4.69, 9.17) is 14.6 Å². The lowest BCUT2D eigenvalue weighted by atomic mass is 10.1. The monoisotopic (exact) mass is 220 g/mol. The molecule has 86 valence electrons. The molecule has 0 aliphatic carbocycles. The molecule has 1 aromatic rings. The summed E-state index contributed by atoms with van der Waals surface area (Å²) in [5.41, 5.74) is 1.88. The predicted molar refractivity (Wildman–Crippen MR) is 62.3 cm³/mol. The molecule has 0 amide bonds. The first-order valence-electron chi connectivity index (χ1n) is 5.07. The van der Waals surface area contributed by atoms with Crippen LogP contribution < -0.4 is 4.74 Å². The van der Waals surface area contributed by atoms with E-state index >= 15 is 0 Å². The first kappa shape index (κ1) is 12.6. The normalized spacial score (nSPS) is 9.44. The van der Waals surface area contributed by atoms with Crippen molar-refractivity contribution in [3.8, 4) is 17.6 Å². The molecule has 1 rings (SSSR count). The van der Waals surface area contributed by atoms with Gasteiger partial charge in [-0.2, -0.15) is 0 Å². The van der Waals surface area contributed by atoms with Gasteiger partial charge in [0.15, 0.2) is 0 Å². The summed E-state index contributed by atoms with van der Waals surface area (Å²) in [7, 11) is 3.27. The van der Waals surface area contributed by atoms with Gasteiger partial charge < -0.3 is 14.6 Å². The maximum Gasteiger partial charge on any atom is 0.134 e. The zero-order valence-electron chi connectivity index (χ0n) is 9.62. The van der Waals surface area contributed by atoms with Gasteiger partial charge in [-0.25, -0.2) is 0 Å². The van der Waals surface area contributed by atoms with Gasteiger partial charge in [0.05, 0.1) is 25.9 Å². The van der Waals surface area contributed by atoms with Crippen LogP contribution in [0.4, 0.5) is 0 Å². The highest BCUT2D eigenvalue weighted by Gasteiger charge is 2.01. The van der Waals surface area contributed by atoms with E-state index in [0.29, 0.717) is 13.0 Å². The molecule has 0 atom stereocenters. The zero-order chi connectivity index (χ0) is 11.8. The predicted octanol–water partition coefficient (Wildman–Crippen LogP) is 1.58. The third-order valence-electron chi connectivity index (χ3n) is 2.03. The van der Waals surface area contributed by atoms with Gasteiger partial charge >= 0.3 is 0 Å². The molecule has 0 unspecified atom stereocenters. The van der Waals surface area contributed by atoms with Crippen molar-refractivity contribution in [1.82, 2.24) is 0 Å². The molecule has 0 aromatic heterocycles. The van der Waals surface area contributed by atoms with E-state index < -0.39 is 0 Å². The molecule has 0 aliphatic rings. The van der Waals surface area contributed by atoms with E-state index in [0.717, 1.165) is 16.9 Å². The van der Waals surface area contributed by atoms with Gasteiger partial charge in [0.25, 0.3) is 0 Å². The average molecular weight is 220 g/mol. The summed E-state index contributed by atoms with van der Waals surface area (Å²) in [6.45, 7) is 0.631. The zero-order valence-corrected chi connectivity index (χ0v) is 9.62. The molecule has 0 spiro atoms. The van der Waals surface area contributed by atoms with Crippen LogP contribution in [0.3, 0.4) is 0 Å². The van der Waals surface area contributed by atoms with Crippen molar-refractivity contribution in [1.29, 1.82) is 0 Å². The van der Waals surface area contributed by atoms with Crippen LogP contribution in [-0.2, 0) is 11.3 Å². The number of aliphatic hydroxyl groups is 1. The molecule has 0 bridgehead atoms. The Kier molecular flexibility index (Phi) is 5.41. The minimum atomic E-state index is 0.0765. The van der Waals surface area contributed by atoms with Gasteiger partial charge in [-0.05, 0) is 17.7 Å². The van der Waals surface area contributed by atoms with Gasteiger partial charge in [0, 0.05) is 13.5 Å². The van der Waals surface area contributed by atoms with Crippen LogP contribution in [0.25, 0.3) is 0 Å². The van der Waals surface area contributed by atoms with Gasteiger partial charge in [-0.1, -0.05) is 17.9 Å². The molecular formula is C13H16O3. The second-order valence-corrected chi connectivity index (χ2v) is 3.24. The lowest BCUT2D eigenvalue weighted by Crippen LogP contribution is -1.92. The summed E-state index contributed by atoms with van der Waals surface area (Å²) in [5, 5.41) is 8.66. The molecule has 0 fully saturated rings. The molecule has 0 heterocycles. The third-order valence-corrected chi connectivity index (χ3v) is 2.03. The molecule has 1 aromatic carbocycles. The number of aliphatic hydroxyl groups excluding tert-OH is 1. The summed E-state index contributed by atoms with van der Waals surface area (Å²) in [5.74, 6) is 6.59. The Balaban J connectivity index is 2.94. The van der Waals surface area contributed by atoms with Gasteiger partial charge in [-0.15, -0.1) is 0 Å². The van der Waals surface area contributed by atoms with Gasteiger partial charge in [-0.3, -0.25) is 0 Å². The topological polar surface area (TPSA) is 38.7 Å². The maximum atomic E-state index is 8.66. The fourth-order valence-electron chi connectivity index (χ4n) is 1.32. The third kappa shape index (κ3) is 3.58. The molecule has 3 nitrogen and oxygen atoms in total. The smallest absolute Gasteiger partial charge is 0.134 e. The highest BCUT2D eigenvalue weighted by Crippen LogP contribution is 2.19. The second kappa shape index (κ2) is 6.89.